The maximum Gasteiger partial charge on any atom is 0.227 e. The summed E-state index contributed by atoms with van der Waals surface area (Å²) in [6.45, 7) is 1.53. The van der Waals surface area contributed by atoms with Crippen molar-refractivity contribution in [3.63, 3.8) is 0 Å². The van der Waals surface area contributed by atoms with Crippen LogP contribution in [0.25, 0.3) is 10.9 Å². The van der Waals surface area contributed by atoms with Gasteiger partial charge in [-0.3, -0.25) is 9.97 Å². The van der Waals surface area contributed by atoms with E-state index in [4.69, 9.17) is 16.9 Å². The third-order valence-corrected chi connectivity index (χ3v) is 4.94. The van der Waals surface area contributed by atoms with Crippen LogP contribution in [0.1, 0.15) is 16.8 Å². The Morgan fingerprint density at radius 3 is 2.88 bits per heavy atom. The molecule has 0 unspecified atom stereocenters. The molecule has 0 saturated carbocycles. The second-order valence-corrected chi connectivity index (χ2v) is 7.59. The van der Waals surface area contributed by atoms with Gasteiger partial charge in [0.25, 0.3) is 0 Å². The summed E-state index contributed by atoms with van der Waals surface area (Å²) in [6.07, 6.45) is 16.2. The predicted molar refractivity (Wildman–Crippen MR) is 133 cm³/mol. The van der Waals surface area contributed by atoms with Crippen LogP contribution in [-0.4, -0.2) is 38.4 Å². The van der Waals surface area contributed by atoms with Crippen molar-refractivity contribution in [1.82, 2.24) is 24.8 Å². The lowest BCUT2D eigenvalue weighted by Crippen LogP contribution is -2.11. The Morgan fingerprint density at radius 2 is 2.09 bits per heavy atom. The van der Waals surface area contributed by atoms with Crippen molar-refractivity contribution in [1.29, 1.82) is 0 Å². The number of hydrogen-bond donors (Lipinski definition) is 2. The summed E-state index contributed by atoms with van der Waals surface area (Å²) < 4.78 is 5.92. The molecular formula is C26H25N7O. The van der Waals surface area contributed by atoms with E-state index in [0.717, 1.165) is 23.2 Å². The monoisotopic (exact) mass is 451 g/mol. The number of benzene rings is 2. The first kappa shape index (κ1) is 22.7. The summed E-state index contributed by atoms with van der Waals surface area (Å²) in [5.74, 6) is 3.70. The third-order valence-electron chi connectivity index (χ3n) is 4.94. The minimum absolute atomic E-state index is 0.256. The number of rotatable bonds is 9. The number of nitrogens with one attached hydrogen (secondary N) is 1. The van der Waals surface area contributed by atoms with Crippen LogP contribution in [0, 0.1) is 12.3 Å². The maximum absolute atomic E-state index is 5.92. The van der Waals surface area contributed by atoms with Crippen LogP contribution in [0.5, 0.6) is 5.75 Å². The van der Waals surface area contributed by atoms with Gasteiger partial charge in [-0.25, -0.2) is 9.97 Å². The van der Waals surface area contributed by atoms with E-state index in [1.165, 1.54) is 0 Å². The van der Waals surface area contributed by atoms with E-state index in [-0.39, 0.29) is 6.61 Å². The maximum atomic E-state index is 5.92. The van der Waals surface area contributed by atoms with E-state index in [1.807, 2.05) is 43.6 Å². The van der Waals surface area contributed by atoms with E-state index in [1.54, 1.807) is 24.8 Å². The third kappa shape index (κ3) is 5.85. The Balaban J connectivity index is 1.53. The first-order chi connectivity index (χ1) is 16.6. The van der Waals surface area contributed by atoms with Crippen LogP contribution in [-0.2, 0) is 13.2 Å². The van der Waals surface area contributed by atoms with Gasteiger partial charge in [-0.05, 0) is 30.0 Å². The van der Waals surface area contributed by atoms with Crippen molar-refractivity contribution >= 4 is 22.5 Å². The fraction of sp³-hybridized carbons (Fsp3) is 0.154. The topological polar surface area (TPSA) is 102 Å². The average molecular weight is 452 g/mol. The number of aromatic nitrogens is 4. The van der Waals surface area contributed by atoms with Gasteiger partial charge in [-0.15, -0.1) is 6.42 Å². The molecular weight excluding hydrogens is 426 g/mol. The lowest BCUT2D eigenvalue weighted by Gasteiger charge is -2.15. The van der Waals surface area contributed by atoms with Gasteiger partial charge in [0.1, 0.15) is 12.4 Å². The molecule has 2 heterocycles. The number of ether oxygens (including phenoxy) is 1. The Bertz CT molecular complexity index is 1330. The molecule has 2 aromatic carbocycles. The van der Waals surface area contributed by atoms with Crippen molar-refractivity contribution in [3.8, 4) is 18.1 Å². The zero-order chi connectivity index (χ0) is 23.8. The molecule has 4 rings (SSSR count). The van der Waals surface area contributed by atoms with Crippen molar-refractivity contribution in [2.45, 2.75) is 13.2 Å². The van der Waals surface area contributed by atoms with Crippen LogP contribution in [0.4, 0.5) is 11.6 Å². The molecule has 0 fully saturated rings. The number of nitrogens with two attached hydrogens (primary N) is 1. The van der Waals surface area contributed by atoms with Crippen LogP contribution in [0.15, 0.2) is 73.5 Å². The zero-order valence-electron chi connectivity index (χ0n) is 18.8. The first-order valence-electron chi connectivity index (χ1n) is 10.7. The van der Waals surface area contributed by atoms with Crippen molar-refractivity contribution in [3.05, 3.63) is 90.3 Å². The second kappa shape index (κ2) is 10.9. The fourth-order valence-corrected chi connectivity index (χ4v) is 3.37. The van der Waals surface area contributed by atoms with Gasteiger partial charge in [0.05, 0.1) is 23.0 Å². The highest BCUT2D eigenvalue weighted by molar-refractivity contribution is 5.83. The number of anilines is 2. The van der Waals surface area contributed by atoms with Crippen LogP contribution >= 0.6 is 0 Å². The Morgan fingerprint density at radius 1 is 1.18 bits per heavy atom. The largest absolute Gasteiger partial charge is 0.486 e. The molecule has 4 aromatic rings. The summed E-state index contributed by atoms with van der Waals surface area (Å²) in [5, 5.41) is 4.11. The second-order valence-electron chi connectivity index (χ2n) is 7.59. The molecule has 3 N–H and O–H groups in total. The van der Waals surface area contributed by atoms with Gasteiger partial charge in [0, 0.05) is 55.9 Å². The molecule has 0 aliphatic carbocycles. The van der Waals surface area contributed by atoms with Crippen molar-refractivity contribution < 1.29 is 4.74 Å². The summed E-state index contributed by atoms with van der Waals surface area (Å²) >= 11 is 0. The molecule has 0 saturated heterocycles. The highest BCUT2D eigenvalue weighted by Crippen LogP contribution is 2.26. The number of terminal acetylenes is 1. The Kier molecular flexibility index (Phi) is 7.28. The van der Waals surface area contributed by atoms with Gasteiger partial charge in [-0.1, -0.05) is 24.1 Å². The lowest BCUT2D eigenvalue weighted by molar-refractivity contribution is 0.300. The Hall–Kier alpha value is -4.48. The van der Waals surface area contributed by atoms with E-state index >= 15 is 0 Å². The van der Waals surface area contributed by atoms with E-state index in [0.29, 0.717) is 35.0 Å². The molecule has 34 heavy (non-hydrogen) atoms. The van der Waals surface area contributed by atoms with Gasteiger partial charge < -0.3 is 20.7 Å². The molecule has 0 aliphatic rings. The van der Waals surface area contributed by atoms with Gasteiger partial charge >= 0.3 is 0 Å². The SMILES string of the molecule is C#Cc1cc2cnc(Nc3cccc(CN(C)/C=C\CN)c3)nc2cc1OCc1cnccn1. The summed E-state index contributed by atoms with van der Waals surface area (Å²) in [6, 6.07) is 11.8. The van der Waals surface area contributed by atoms with Crippen LogP contribution < -0.4 is 15.8 Å². The van der Waals surface area contributed by atoms with E-state index in [2.05, 4.69) is 48.2 Å². The molecule has 0 atom stereocenters. The highest BCUT2D eigenvalue weighted by atomic mass is 16.5. The molecule has 0 amide bonds. The predicted octanol–water partition coefficient (Wildman–Crippen LogP) is 3.63. The van der Waals surface area contributed by atoms with Gasteiger partial charge in [-0.2, -0.15) is 0 Å². The molecule has 170 valence electrons. The molecule has 0 spiro atoms. The fourth-order valence-electron chi connectivity index (χ4n) is 3.37. The first-order valence-corrected chi connectivity index (χ1v) is 10.7. The molecule has 0 aliphatic heterocycles. The molecule has 2 aromatic heterocycles. The van der Waals surface area contributed by atoms with Crippen molar-refractivity contribution in [2.75, 3.05) is 18.9 Å². The average Bonchev–Trinajstić information content (AvgIpc) is 2.86. The number of fused-ring (bicyclic) bond motifs is 1. The Labute approximate surface area is 198 Å². The number of nitrogens with zero attached hydrogens (tertiary/aromatic N) is 5. The smallest absolute Gasteiger partial charge is 0.227 e. The normalized spacial score (nSPS) is 10.9. The van der Waals surface area contributed by atoms with Gasteiger partial charge in [0.2, 0.25) is 5.95 Å². The van der Waals surface area contributed by atoms with Gasteiger partial charge in [0.15, 0.2) is 0 Å². The zero-order valence-corrected chi connectivity index (χ0v) is 18.8. The summed E-state index contributed by atoms with van der Waals surface area (Å²) in [4.78, 5) is 19.5. The highest BCUT2D eigenvalue weighted by Gasteiger charge is 2.09. The molecule has 8 heteroatoms. The minimum atomic E-state index is 0.256. The molecule has 0 radical (unpaired) electrons. The van der Waals surface area contributed by atoms with E-state index in [9.17, 15) is 0 Å². The minimum Gasteiger partial charge on any atom is -0.486 e. The summed E-state index contributed by atoms with van der Waals surface area (Å²) in [5.41, 5.74) is 9.62. The molecule has 0 bridgehead atoms. The van der Waals surface area contributed by atoms with E-state index < -0.39 is 0 Å². The molecule has 8 nitrogen and oxygen atoms in total. The van der Waals surface area contributed by atoms with Crippen molar-refractivity contribution in [2.24, 2.45) is 5.73 Å². The number of hydrogen-bond acceptors (Lipinski definition) is 8. The van der Waals surface area contributed by atoms with Crippen LogP contribution in [0.3, 0.4) is 0 Å². The van der Waals surface area contributed by atoms with Crippen LogP contribution in [0.2, 0.25) is 0 Å². The quantitative estimate of drug-likeness (QED) is 0.372. The standard InChI is InChI=1S/C26H25N7O/c1-3-20-13-21-15-30-26(31-22-7-4-6-19(12-22)17-33(2)11-5-8-27)32-24(21)14-25(20)34-18-23-16-28-9-10-29-23/h1,4-7,9-16H,8,17-18,27H2,2H3,(H,30,31,32)/b11-5-. The summed E-state index contributed by atoms with van der Waals surface area (Å²) in [7, 11) is 2.01. The lowest BCUT2D eigenvalue weighted by atomic mass is 10.1.